The van der Waals surface area contributed by atoms with Gasteiger partial charge in [0.05, 0.1) is 0 Å². The summed E-state index contributed by atoms with van der Waals surface area (Å²) < 4.78 is 0. The number of aromatic nitrogens is 2. The number of anilines is 2. The van der Waals surface area contributed by atoms with E-state index in [2.05, 4.69) is 27.5 Å². The summed E-state index contributed by atoms with van der Waals surface area (Å²) in [4.78, 5) is 8.93. The lowest BCUT2D eigenvalue weighted by atomic mass is 9.83. The van der Waals surface area contributed by atoms with Crippen LogP contribution in [0.5, 0.6) is 0 Å². The van der Waals surface area contributed by atoms with Gasteiger partial charge in [-0.25, -0.2) is 9.97 Å². The van der Waals surface area contributed by atoms with E-state index in [0.717, 1.165) is 16.8 Å². The van der Waals surface area contributed by atoms with Crippen LogP contribution in [0.3, 0.4) is 0 Å². The maximum Gasteiger partial charge on any atom is 0.191 e. The highest BCUT2D eigenvalue weighted by atomic mass is 32.2. The Bertz CT molecular complexity index is 380. The van der Waals surface area contributed by atoms with Crippen LogP contribution >= 0.6 is 11.8 Å². The number of hydrogen-bond acceptors (Lipinski definition) is 5. The average molecular weight is 266 g/mol. The summed E-state index contributed by atoms with van der Waals surface area (Å²) in [5, 5.41) is 7.50. The smallest absolute Gasteiger partial charge is 0.191 e. The molecule has 5 heteroatoms. The zero-order chi connectivity index (χ0) is 13.0. The molecule has 1 aliphatic carbocycles. The van der Waals surface area contributed by atoms with Gasteiger partial charge in [0.2, 0.25) is 0 Å². The molecule has 0 aliphatic heterocycles. The summed E-state index contributed by atoms with van der Waals surface area (Å²) in [5.41, 5.74) is 0.188. The highest BCUT2D eigenvalue weighted by Gasteiger charge is 2.27. The quantitative estimate of drug-likeness (QED) is 0.646. The van der Waals surface area contributed by atoms with Crippen LogP contribution in [0.2, 0.25) is 0 Å². The normalized spacial score (nSPS) is 18.4. The summed E-state index contributed by atoms with van der Waals surface area (Å²) in [6, 6.07) is 1.99. The Balaban J connectivity index is 2.16. The topological polar surface area (TPSA) is 49.8 Å². The fourth-order valence-electron chi connectivity index (χ4n) is 2.47. The van der Waals surface area contributed by atoms with Crippen LogP contribution in [0.1, 0.15) is 39.0 Å². The molecule has 4 nitrogen and oxygen atoms in total. The second-order valence-electron chi connectivity index (χ2n) is 5.12. The molecule has 1 heterocycles. The largest absolute Gasteiger partial charge is 0.373 e. The average Bonchev–Trinajstić information content (AvgIpc) is 2.38. The zero-order valence-corrected chi connectivity index (χ0v) is 12.2. The molecule has 0 bridgehead atoms. The van der Waals surface area contributed by atoms with E-state index in [-0.39, 0.29) is 5.54 Å². The first kappa shape index (κ1) is 13.5. The molecule has 1 aromatic heterocycles. The van der Waals surface area contributed by atoms with Crippen LogP contribution in [-0.2, 0) is 0 Å². The third-order valence-corrected chi connectivity index (χ3v) is 4.08. The van der Waals surface area contributed by atoms with Crippen LogP contribution in [-0.4, -0.2) is 28.8 Å². The molecule has 2 N–H and O–H groups in total. The predicted molar refractivity (Wildman–Crippen MR) is 78.5 cm³/mol. The van der Waals surface area contributed by atoms with Crippen LogP contribution < -0.4 is 10.6 Å². The number of thioether (sulfide) groups is 1. The van der Waals surface area contributed by atoms with Crippen molar-refractivity contribution < 1.29 is 0 Å². The SMILES string of the molecule is CNc1cc(NC2(C)CCCCC2)nc(SC)n1. The Labute approximate surface area is 113 Å². The van der Waals surface area contributed by atoms with Gasteiger partial charge in [0.25, 0.3) is 0 Å². The van der Waals surface area contributed by atoms with Crippen LogP contribution in [0.4, 0.5) is 11.6 Å². The molecular formula is C13H22N4S. The standard InChI is InChI=1S/C13H22N4S/c1-13(7-5-4-6-8-13)17-11-9-10(14-2)15-12(16-11)18-3/h9H,4-8H2,1-3H3,(H2,14,15,16,17). The summed E-state index contributed by atoms with van der Waals surface area (Å²) in [5.74, 6) is 1.80. The van der Waals surface area contributed by atoms with E-state index >= 15 is 0 Å². The van der Waals surface area contributed by atoms with Crippen LogP contribution in [0, 0.1) is 0 Å². The predicted octanol–water partition coefficient (Wildman–Crippen LogP) is 3.37. The molecule has 0 atom stereocenters. The first-order valence-corrected chi connectivity index (χ1v) is 7.77. The molecule has 1 aromatic rings. The second-order valence-corrected chi connectivity index (χ2v) is 5.89. The van der Waals surface area contributed by atoms with E-state index in [1.165, 1.54) is 32.1 Å². The molecule has 1 fully saturated rings. The number of nitrogens with one attached hydrogen (secondary N) is 2. The van der Waals surface area contributed by atoms with Gasteiger partial charge in [-0.3, -0.25) is 0 Å². The van der Waals surface area contributed by atoms with Gasteiger partial charge < -0.3 is 10.6 Å². The summed E-state index contributed by atoms with van der Waals surface area (Å²) >= 11 is 1.57. The Morgan fingerprint density at radius 2 is 1.83 bits per heavy atom. The van der Waals surface area contributed by atoms with E-state index < -0.39 is 0 Å². The van der Waals surface area contributed by atoms with Crippen LogP contribution in [0.25, 0.3) is 0 Å². The minimum atomic E-state index is 0.188. The molecule has 0 radical (unpaired) electrons. The number of hydrogen-bond donors (Lipinski definition) is 2. The van der Waals surface area contributed by atoms with Gasteiger partial charge in [0.15, 0.2) is 5.16 Å². The van der Waals surface area contributed by atoms with Crippen molar-refractivity contribution >= 4 is 23.4 Å². The lowest BCUT2D eigenvalue weighted by molar-refractivity contribution is 0.348. The van der Waals surface area contributed by atoms with Crippen molar-refractivity contribution in [2.24, 2.45) is 0 Å². The minimum absolute atomic E-state index is 0.188. The van der Waals surface area contributed by atoms with Crippen molar-refractivity contribution in [1.82, 2.24) is 9.97 Å². The van der Waals surface area contributed by atoms with Crippen molar-refractivity contribution in [2.45, 2.75) is 49.7 Å². The highest BCUT2D eigenvalue weighted by Crippen LogP contribution is 2.31. The van der Waals surface area contributed by atoms with Crippen LogP contribution in [0.15, 0.2) is 11.2 Å². The van der Waals surface area contributed by atoms with Crippen molar-refractivity contribution in [3.05, 3.63) is 6.07 Å². The molecular weight excluding hydrogens is 244 g/mol. The lowest BCUT2D eigenvalue weighted by Gasteiger charge is -2.35. The third-order valence-electron chi connectivity index (χ3n) is 3.53. The molecule has 2 rings (SSSR count). The molecule has 0 saturated heterocycles. The summed E-state index contributed by atoms with van der Waals surface area (Å²) in [6.45, 7) is 2.30. The molecule has 0 spiro atoms. The van der Waals surface area contributed by atoms with Gasteiger partial charge in [0.1, 0.15) is 11.6 Å². The van der Waals surface area contributed by atoms with Crippen molar-refractivity contribution in [3.8, 4) is 0 Å². The zero-order valence-electron chi connectivity index (χ0n) is 11.4. The van der Waals surface area contributed by atoms with Gasteiger partial charge in [-0.1, -0.05) is 31.0 Å². The summed E-state index contributed by atoms with van der Waals surface area (Å²) in [7, 11) is 1.89. The Kier molecular flexibility index (Phi) is 4.32. The molecule has 1 saturated carbocycles. The molecule has 0 unspecified atom stereocenters. The monoisotopic (exact) mass is 266 g/mol. The molecule has 100 valence electrons. The van der Waals surface area contributed by atoms with Gasteiger partial charge in [0, 0.05) is 18.7 Å². The second kappa shape index (κ2) is 5.78. The third kappa shape index (κ3) is 3.28. The maximum absolute atomic E-state index is 4.54. The van der Waals surface area contributed by atoms with E-state index in [9.17, 15) is 0 Å². The summed E-state index contributed by atoms with van der Waals surface area (Å²) in [6.07, 6.45) is 8.42. The Hall–Kier alpha value is -0.970. The van der Waals surface area contributed by atoms with Crippen molar-refractivity contribution in [2.75, 3.05) is 23.9 Å². The van der Waals surface area contributed by atoms with E-state index in [1.807, 2.05) is 19.4 Å². The fourth-order valence-corrected chi connectivity index (χ4v) is 2.85. The fraction of sp³-hybridized carbons (Fsp3) is 0.692. The number of nitrogens with zero attached hydrogens (tertiary/aromatic N) is 2. The first-order valence-electron chi connectivity index (χ1n) is 6.54. The molecule has 1 aliphatic rings. The Morgan fingerprint density at radius 1 is 1.17 bits per heavy atom. The first-order chi connectivity index (χ1) is 8.65. The van der Waals surface area contributed by atoms with Crippen molar-refractivity contribution in [1.29, 1.82) is 0 Å². The molecule has 0 aromatic carbocycles. The number of rotatable bonds is 4. The van der Waals surface area contributed by atoms with Gasteiger partial charge in [-0.15, -0.1) is 0 Å². The minimum Gasteiger partial charge on any atom is -0.373 e. The highest BCUT2D eigenvalue weighted by molar-refractivity contribution is 7.98. The maximum atomic E-state index is 4.54. The lowest BCUT2D eigenvalue weighted by Crippen LogP contribution is -2.37. The van der Waals surface area contributed by atoms with Crippen molar-refractivity contribution in [3.63, 3.8) is 0 Å². The molecule has 0 amide bonds. The van der Waals surface area contributed by atoms with Gasteiger partial charge >= 0.3 is 0 Å². The van der Waals surface area contributed by atoms with Gasteiger partial charge in [-0.2, -0.15) is 0 Å². The van der Waals surface area contributed by atoms with E-state index in [4.69, 9.17) is 0 Å². The Morgan fingerprint density at radius 3 is 2.44 bits per heavy atom. The van der Waals surface area contributed by atoms with Gasteiger partial charge in [-0.05, 0) is 26.0 Å². The molecule has 18 heavy (non-hydrogen) atoms. The van der Waals surface area contributed by atoms with E-state index in [0.29, 0.717) is 0 Å². The van der Waals surface area contributed by atoms with E-state index in [1.54, 1.807) is 11.8 Å².